The van der Waals surface area contributed by atoms with E-state index in [4.69, 9.17) is 14.2 Å². The zero-order valence-electron chi connectivity index (χ0n) is 14.1. The van der Waals surface area contributed by atoms with Crippen LogP contribution in [0.5, 0.6) is 11.5 Å². The van der Waals surface area contributed by atoms with Crippen LogP contribution in [0.15, 0.2) is 18.2 Å². The van der Waals surface area contributed by atoms with Gasteiger partial charge in [-0.25, -0.2) is 4.79 Å². The number of ether oxygens (including phenoxy) is 3. The van der Waals surface area contributed by atoms with Crippen LogP contribution in [0, 0.1) is 0 Å². The fourth-order valence-corrected chi connectivity index (χ4v) is 2.70. The fourth-order valence-electron chi connectivity index (χ4n) is 2.70. The second kappa shape index (κ2) is 8.62. The van der Waals surface area contributed by atoms with Crippen molar-refractivity contribution in [3.05, 3.63) is 23.8 Å². The zero-order chi connectivity index (χ0) is 16.7. The third-order valence-corrected chi connectivity index (χ3v) is 4.03. The van der Waals surface area contributed by atoms with Crippen molar-refractivity contribution in [2.75, 3.05) is 27.4 Å². The lowest BCUT2D eigenvalue weighted by molar-refractivity contribution is 0.0860. The third kappa shape index (κ3) is 5.03. The maximum atomic E-state index is 11.9. The second-order valence-electron chi connectivity index (χ2n) is 5.68. The molecule has 0 aliphatic carbocycles. The van der Waals surface area contributed by atoms with Crippen molar-refractivity contribution in [1.82, 2.24) is 10.6 Å². The molecule has 6 nitrogen and oxygen atoms in total. The number of amides is 2. The summed E-state index contributed by atoms with van der Waals surface area (Å²) in [6.45, 7) is 3.32. The zero-order valence-corrected chi connectivity index (χ0v) is 14.1. The number of hydrogen-bond donors (Lipinski definition) is 2. The summed E-state index contributed by atoms with van der Waals surface area (Å²) in [5.41, 5.74) is 1.08. The molecule has 1 aliphatic heterocycles. The lowest BCUT2D eigenvalue weighted by Crippen LogP contribution is -2.46. The summed E-state index contributed by atoms with van der Waals surface area (Å²) in [7, 11) is 3.22. The number of hydrogen-bond acceptors (Lipinski definition) is 4. The molecule has 1 aliphatic rings. The van der Waals surface area contributed by atoms with Crippen molar-refractivity contribution in [3.8, 4) is 11.5 Å². The van der Waals surface area contributed by atoms with Crippen molar-refractivity contribution in [1.29, 1.82) is 0 Å². The van der Waals surface area contributed by atoms with E-state index < -0.39 is 0 Å². The Morgan fingerprint density at radius 1 is 1.35 bits per heavy atom. The van der Waals surface area contributed by atoms with Crippen LogP contribution in [0.4, 0.5) is 4.79 Å². The molecule has 1 aromatic rings. The average molecular weight is 322 g/mol. The van der Waals surface area contributed by atoms with Crippen LogP contribution in [-0.2, 0) is 11.2 Å². The quantitative estimate of drug-likeness (QED) is 0.807. The van der Waals surface area contributed by atoms with Crippen LogP contribution >= 0.6 is 0 Å². The van der Waals surface area contributed by atoms with Gasteiger partial charge in [0.2, 0.25) is 0 Å². The predicted molar refractivity (Wildman–Crippen MR) is 88.2 cm³/mol. The van der Waals surface area contributed by atoms with Gasteiger partial charge in [0.05, 0.1) is 26.4 Å². The van der Waals surface area contributed by atoms with E-state index in [1.807, 2.05) is 25.1 Å². The highest BCUT2D eigenvalue weighted by Crippen LogP contribution is 2.27. The summed E-state index contributed by atoms with van der Waals surface area (Å²) < 4.78 is 16.1. The molecule has 1 fully saturated rings. The Morgan fingerprint density at radius 3 is 2.78 bits per heavy atom. The van der Waals surface area contributed by atoms with Crippen LogP contribution < -0.4 is 20.1 Å². The minimum absolute atomic E-state index is 0.0265. The smallest absolute Gasteiger partial charge is 0.315 e. The number of carbonyl (C=O) groups is 1. The van der Waals surface area contributed by atoms with E-state index in [-0.39, 0.29) is 18.2 Å². The Hall–Kier alpha value is -1.95. The normalized spacial score (nSPS) is 18.3. The van der Waals surface area contributed by atoms with E-state index in [9.17, 15) is 4.79 Å². The van der Waals surface area contributed by atoms with Gasteiger partial charge in [-0.2, -0.15) is 0 Å². The summed E-state index contributed by atoms with van der Waals surface area (Å²) in [4.78, 5) is 11.9. The molecule has 0 unspecified atom stereocenters. The number of urea groups is 1. The molecule has 2 amide bonds. The van der Waals surface area contributed by atoms with Crippen LogP contribution in [0.2, 0.25) is 0 Å². The molecule has 1 heterocycles. The van der Waals surface area contributed by atoms with Gasteiger partial charge in [-0.05, 0) is 43.9 Å². The number of nitrogens with one attached hydrogen (secondary N) is 2. The summed E-state index contributed by atoms with van der Waals surface area (Å²) >= 11 is 0. The van der Waals surface area contributed by atoms with Gasteiger partial charge < -0.3 is 24.8 Å². The molecule has 2 atom stereocenters. The number of benzene rings is 1. The first-order valence-electron chi connectivity index (χ1n) is 8.01. The maximum Gasteiger partial charge on any atom is 0.315 e. The molecule has 0 saturated carbocycles. The number of rotatable bonds is 7. The van der Waals surface area contributed by atoms with Crippen molar-refractivity contribution >= 4 is 6.03 Å². The van der Waals surface area contributed by atoms with Crippen LogP contribution in [-0.4, -0.2) is 45.5 Å². The third-order valence-electron chi connectivity index (χ3n) is 4.03. The first-order chi connectivity index (χ1) is 11.1. The molecule has 128 valence electrons. The maximum absolute atomic E-state index is 11.9. The minimum Gasteiger partial charge on any atom is -0.493 e. The Bertz CT molecular complexity index is 515. The van der Waals surface area contributed by atoms with Crippen molar-refractivity contribution < 1.29 is 19.0 Å². The molecular weight excluding hydrogens is 296 g/mol. The van der Waals surface area contributed by atoms with Gasteiger partial charge in [-0.3, -0.25) is 0 Å². The topological polar surface area (TPSA) is 68.8 Å². The molecule has 0 radical (unpaired) electrons. The van der Waals surface area contributed by atoms with Crippen LogP contribution in [0.1, 0.15) is 25.3 Å². The highest BCUT2D eigenvalue weighted by Gasteiger charge is 2.23. The van der Waals surface area contributed by atoms with E-state index >= 15 is 0 Å². The average Bonchev–Trinajstić information content (AvgIpc) is 3.09. The Kier molecular flexibility index (Phi) is 6.52. The highest BCUT2D eigenvalue weighted by atomic mass is 16.5. The molecule has 23 heavy (non-hydrogen) atoms. The molecule has 2 rings (SSSR count). The Morgan fingerprint density at radius 2 is 2.13 bits per heavy atom. The molecule has 0 bridgehead atoms. The summed E-state index contributed by atoms with van der Waals surface area (Å²) in [6.07, 6.45) is 2.93. The van der Waals surface area contributed by atoms with Gasteiger partial charge >= 0.3 is 6.03 Å². The largest absolute Gasteiger partial charge is 0.493 e. The molecule has 1 aromatic carbocycles. The predicted octanol–water partition coefficient (Wildman–Crippen LogP) is 2.11. The molecule has 0 spiro atoms. The van der Waals surface area contributed by atoms with Crippen molar-refractivity contribution in [3.63, 3.8) is 0 Å². The molecule has 1 saturated heterocycles. The van der Waals surface area contributed by atoms with Gasteiger partial charge in [-0.15, -0.1) is 0 Å². The molecule has 6 heteroatoms. The summed E-state index contributed by atoms with van der Waals surface area (Å²) in [5, 5.41) is 5.80. The first-order valence-corrected chi connectivity index (χ1v) is 8.01. The molecule has 2 N–H and O–H groups in total. The van der Waals surface area contributed by atoms with E-state index in [0.29, 0.717) is 18.0 Å². The van der Waals surface area contributed by atoms with Crippen LogP contribution in [0.25, 0.3) is 0 Å². The van der Waals surface area contributed by atoms with Gasteiger partial charge in [0, 0.05) is 13.2 Å². The lowest BCUT2D eigenvalue weighted by Gasteiger charge is -2.20. The van der Waals surface area contributed by atoms with Gasteiger partial charge in [0.15, 0.2) is 11.5 Å². The second-order valence-corrected chi connectivity index (χ2v) is 5.68. The number of carbonyl (C=O) groups excluding carboxylic acids is 1. The van der Waals surface area contributed by atoms with Gasteiger partial charge in [-0.1, -0.05) is 6.07 Å². The number of methoxy groups -OCH3 is 2. The SMILES string of the molecule is COc1ccc(CCNC(=O)N[C@@H](C)[C@@H]2CCCO2)cc1OC. The lowest BCUT2D eigenvalue weighted by atomic mass is 10.1. The fraction of sp³-hybridized carbons (Fsp3) is 0.588. The molecular formula is C17H26N2O4. The monoisotopic (exact) mass is 322 g/mol. The molecule has 0 aromatic heterocycles. The van der Waals surface area contributed by atoms with E-state index in [1.54, 1.807) is 14.2 Å². The van der Waals surface area contributed by atoms with E-state index in [2.05, 4.69) is 10.6 Å². The Labute approximate surface area is 137 Å². The Balaban J connectivity index is 1.74. The van der Waals surface area contributed by atoms with E-state index in [1.165, 1.54) is 0 Å². The van der Waals surface area contributed by atoms with Crippen molar-refractivity contribution in [2.45, 2.75) is 38.3 Å². The minimum atomic E-state index is -0.159. The van der Waals surface area contributed by atoms with Gasteiger partial charge in [0.1, 0.15) is 0 Å². The standard InChI is InChI=1S/C17H26N2O4/c1-12(14-5-4-10-23-14)19-17(20)18-9-8-13-6-7-15(21-2)16(11-13)22-3/h6-7,11-12,14H,4-5,8-10H2,1-3H3,(H2,18,19,20)/t12-,14-/m0/s1. The van der Waals surface area contributed by atoms with Gasteiger partial charge in [0.25, 0.3) is 0 Å². The summed E-state index contributed by atoms with van der Waals surface area (Å²) in [5.74, 6) is 1.40. The van der Waals surface area contributed by atoms with E-state index in [0.717, 1.165) is 31.4 Å². The van der Waals surface area contributed by atoms with Crippen LogP contribution in [0.3, 0.4) is 0 Å². The van der Waals surface area contributed by atoms with Crippen molar-refractivity contribution in [2.24, 2.45) is 0 Å². The first kappa shape index (κ1) is 17.4. The summed E-state index contributed by atoms with van der Waals surface area (Å²) in [6, 6.07) is 5.63. The highest BCUT2D eigenvalue weighted by molar-refractivity contribution is 5.74.